The van der Waals surface area contributed by atoms with E-state index in [9.17, 15) is 13.5 Å². The van der Waals surface area contributed by atoms with Crippen molar-refractivity contribution < 1.29 is 17.7 Å². The molecule has 1 rings (SSSR count). The molecule has 0 saturated heterocycles. The number of hydrogen-bond donors (Lipinski definition) is 1. The lowest BCUT2D eigenvalue weighted by atomic mass is 10.1. The van der Waals surface area contributed by atoms with E-state index in [4.69, 9.17) is 4.18 Å². The maximum absolute atomic E-state index is 12.0. The van der Waals surface area contributed by atoms with Crippen molar-refractivity contribution in [1.29, 1.82) is 0 Å². The average molecular weight is 343 g/mol. The third kappa shape index (κ3) is 8.49. The Kier molecular flexibility index (Phi) is 9.44. The Morgan fingerprint density at radius 2 is 1.57 bits per heavy atom. The standard InChI is InChI=1S/C18H30O4S/c1-3-4-5-6-7-8-9-10-17(19)15-22-23(20,21)18-13-11-16(2)12-14-18/h11-14,17,19H,3-10,15H2,1-2H3/t17-/m1/s1. The van der Waals surface area contributed by atoms with Crippen molar-refractivity contribution >= 4 is 10.1 Å². The average Bonchev–Trinajstić information content (AvgIpc) is 2.52. The second kappa shape index (κ2) is 10.8. The van der Waals surface area contributed by atoms with Crippen molar-refractivity contribution in [2.45, 2.75) is 76.2 Å². The maximum atomic E-state index is 12.0. The van der Waals surface area contributed by atoms with Crippen LogP contribution in [0.25, 0.3) is 0 Å². The molecule has 132 valence electrons. The summed E-state index contributed by atoms with van der Waals surface area (Å²) in [4.78, 5) is 0.131. The first kappa shape index (κ1) is 20.1. The van der Waals surface area contributed by atoms with Gasteiger partial charge >= 0.3 is 0 Å². The Bertz CT molecular complexity index is 522. The monoisotopic (exact) mass is 342 g/mol. The Balaban J connectivity index is 2.22. The normalized spacial score (nSPS) is 13.2. The van der Waals surface area contributed by atoms with E-state index in [1.54, 1.807) is 12.1 Å². The van der Waals surface area contributed by atoms with Gasteiger partial charge < -0.3 is 5.11 Å². The first-order chi connectivity index (χ1) is 11.0. The maximum Gasteiger partial charge on any atom is 0.297 e. The zero-order chi connectivity index (χ0) is 17.1. The van der Waals surface area contributed by atoms with E-state index in [0.717, 1.165) is 18.4 Å². The Hall–Kier alpha value is -0.910. The molecule has 0 fully saturated rings. The number of aliphatic hydroxyl groups excluding tert-OH is 1. The predicted molar refractivity (Wildman–Crippen MR) is 92.9 cm³/mol. The van der Waals surface area contributed by atoms with Crippen molar-refractivity contribution in [2.75, 3.05) is 6.61 Å². The Labute approximate surface area is 141 Å². The van der Waals surface area contributed by atoms with Crippen LogP contribution >= 0.6 is 0 Å². The van der Waals surface area contributed by atoms with Gasteiger partial charge in [0.25, 0.3) is 10.1 Å². The fraction of sp³-hybridized carbons (Fsp3) is 0.667. The van der Waals surface area contributed by atoms with Crippen LogP contribution in [0.5, 0.6) is 0 Å². The zero-order valence-electron chi connectivity index (χ0n) is 14.3. The van der Waals surface area contributed by atoms with E-state index >= 15 is 0 Å². The van der Waals surface area contributed by atoms with Gasteiger partial charge in [-0.05, 0) is 25.5 Å². The molecule has 0 aliphatic carbocycles. The van der Waals surface area contributed by atoms with Crippen LogP contribution < -0.4 is 0 Å². The van der Waals surface area contributed by atoms with Crippen molar-refractivity contribution in [3.8, 4) is 0 Å². The summed E-state index contributed by atoms with van der Waals surface area (Å²) < 4.78 is 28.9. The third-order valence-corrected chi connectivity index (χ3v) is 5.16. The second-order valence-electron chi connectivity index (χ2n) is 6.12. The molecular formula is C18H30O4S. The summed E-state index contributed by atoms with van der Waals surface area (Å²) in [5.41, 5.74) is 0.989. The summed E-state index contributed by atoms with van der Waals surface area (Å²) in [5, 5.41) is 9.85. The molecule has 0 aliphatic heterocycles. The molecule has 4 nitrogen and oxygen atoms in total. The molecule has 0 unspecified atom stereocenters. The van der Waals surface area contributed by atoms with Gasteiger partial charge in [0, 0.05) is 0 Å². The molecule has 0 spiro atoms. The van der Waals surface area contributed by atoms with Crippen LogP contribution in [0.2, 0.25) is 0 Å². The molecule has 0 saturated carbocycles. The highest BCUT2D eigenvalue weighted by atomic mass is 32.2. The van der Waals surface area contributed by atoms with E-state index < -0.39 is 16.2 Å². The summed E-state index contributed by atoms with van der Waals surface area (Å²) in [6, 6.07) is 6.50. The van der Waals surface area contributed by atoms with Crippen molar-refractivity contribution in [1.82, 2.24) is 0 Å². The van der Waals surface area contributed by atoms with Gasteiger partial charge in [-0.3, -0.25) is 4.18 Å². The van der Waals surface area contributed by atoms with Crippen molar-refractivity contribution in [3.05, 3.63) is 29.8 Å². The van der Waals surface area contributed by atoms with Crippen LogP contribution in [0.3, 0.4) is 0 Å². The molecule has 1 N–H and O–H groups in total. The third-order valence-electron chi connectivity index (χ3n) is 3.87. The van der Waals surface area contributed by atoms with E-state index in [1.165, 1.54) is 44.2 Å². The molecule has 0 aromatic heterocycles. The van der Waals surface area contributed by atoms with Gasteiger partial charge in [-0.1, -0.05) is 69.6 Å². The Morgan fingerprint density at radius 3 is 2.17 bits per heavy atom. The molecular weight excluding hydrogens is 312 g/mol. The van der Waals surface area contributed by atoms with Crippen molar-refractivity contribution in [3.63, 3.8) is 0 Å². The quantitative estimate of drug-likeness (QED) is 0.457. The number of aliphatic hydroxyl groups is 1. The minimum absolute atomic E-state index is 0.131. The highest BCUT2D eigenvalue weighted by Crippen LogP contribution is 2.15. The zero-order valence-corrected chi connectivity index (χ0v) is 15.1. The molecule has 0 radical (unpaired) electrons. The first-order valence-electron chi connectivity index (χ1n) is 8.60. The number of unbranched alkanes of at least 4 members (excludes halogenated alkanes) is 6. The molecule has 5 heteroatoms. The van der Waals surface area contributed by atoms with Gasteiger partial charge in [0.15, 0.2) is 0 Å². The smallest absolute Gasteiger partial charge is 0.297 e. The van der Waals surface area contributed by atoms with Gasteiger partial charge in [-0.2, -0.15) is 8.42 Å². The lowest BCUT2D eigenvalue weighted by molar-refractivity contribution is 0.100. The van der Waals surface area contributed by atoms with Crippen LogP contribution in [0, 0.1) is 6.92 Å². The number of rotatable bonds is 12. The number of aryl methyl sites for hydroxylation is 1. The number of hydrogen-bond acceptors (Lipinski definition) is 4. The lowest BCUT2D eigenvalue weighted by Gasteiger charge is -2.11. The van der Waals surface area contributed by atoms with Crippen LogP contribution in [-0.2, 0) is 14.3 Å². The molecule has 0 bridgehead atoms. The van der Waals surface area contributed by atoms with Crippen LogP contribution in [0.1, 0.15) is 63.9 Å². The Morgan fingerprint density at radius 1 is 1.00 bits per heavy atom. The molecule has 1 aromatic rings. The largest absolute Gasteiger partial charge is 0.391 e. The molecule has 0 aliphatic rings. The topological polar surface area (TPSA) is 63.6 Å². The van der Waals surface area contributed by atoms with Crippen molar-refractivity contribution in [2.24, 2.45) is 0 Å². The van der Waals surface area contributed by atoms with Crippen LogP contribution in [-0.4, -0.2) is 26.2 Å². The highest BCUT2D eigenvalue weighted by molar-refractivity contribution is 7.86. The van der Waals surface area contributed by atoms with Gasteiger partial charge in [-0.25, -0.2) is 0 Å². The predicted octanol–water partition coefficient (Wildman–Crippen LogP) is 4.20. The second-order valence-corrected chi connectivity index (χ2v) is 7.73. The summed E-state index contributed by atoms with van der Waals surface area (Å²) in [7, 11) is -3.78. The minimum atomic E-state index is -3.78. The van der Waals surface area contributed by atoms with Crippen LogP contribution in [0.15, 0.2) is 29.2 Å². The highest BCUT2D eigenvalue weighted by Gasteiger charge is 2.17. The van der Waals surface area contributed by atoms with Gasteiger partial charge in [0.1, 0.15) is 0 Å². The minimum Gasteiger partial charge on any atom is -0.391 e. The van der Waals surface area contributed by atoms with E-state index in [1.807, 2.05) is 6.92 Å². The molecule has 0 heterocycles. The SMILES string of the molecule is CCCCCCCCC[C@@H](O)COS(=O)(=O)c1ccc(C)cc1. The molecule has 1 atom stereocenters. The van der Waals surface area contributed by atoms with Gasteiger partial charge in [-0.15, -0.1) is 0 Å². The van der Waals surface area contributed by atoms with Gasteiger partial charge in [0.05, 0.1) is 17.6 Å². The fourth-order valence-electron chi connectivity index (χ4n) is 2.36. The number of benzene rings is 1. The summed E-state index contributed by atoms with van der Waals surface area (Å²) >= 11 is 0. The summed E-state index contributed by atoms with van der Waals surface area (Å²) in [6.45, 7) is 3.91. The van der Waals surface area contributed by atoms with Crippen LogP contribution in [0.4, 0.5) is 0 Å². The van der Waals surface area contributed by atoms with E-state index in [2.05, 4.69) is 6.92 Å². The molecule has 1 aromatic carbocycles. The van der Waals surface area contributed by atoms with E-state index in [0.29, 0.717) is 6.42 Å². The van der Waals surface area contributed by atoms with E-state index in [-0.39, 0.29) is 11.5 Å². The van der Waals surface area contributed by atoms with Gasteiger partial charge in [0.2, 0.25) is 0 Å². The molecule has 23 heavy (non-hydrogen) atoms. The summed E-state index contributed by atoms with van der Waals surface area (Å²) in [5.74, 6) is 0. The first-order valence-corrected chi connectivity index (χ1v) is 10.0. The fourth-order valence-corrected chi connectivity index (χ4v) is 3.30. The lowest BCUT2D eigenvalue weighted by Crippen LogP contribution is -2.19. The summed E-state index contributed by atoms with van der Waals surface area (Å²) in [6.07, 6.45) is 8.04. The molecule has 0 amide bonds.